The molecule has 0 saturated carbocycles. The first-order valence-electron chi connectivity index (χ1n) is 6.11. The lowest BCUT2D eigenvalue weighted by Gasteiger charge is -2.11. The van der Waals surface area contributed by atoms with Gasteiger partial charge in [-0.3, -0.25) is 4.79 Å². The van der Waals surface area contributed by atoms with Crippen LogP contribution in [-0.2, 0) is 0 Å². The summed E-state index contributed by atoms with van der Waals surface area (Å²) in [5.74, 6) is -0.0675. The van der Waals surface area contributed by atoms with E-state index in [0.717, 1.165) is 22.9 Å². The molecular formula is C14H16ClNOS. The predicted octanol–water partition coefficient (Wildman–Crippen LogP) is 4.47. The van der Waals surface area contributed by atoms with Gasteiger partial charge in [-0.1, -0.05) is 43.1 Å². The number of hydrogen-bond donors (Lipinski definition) is 1. The third kappa shape index (κ3) is 2.68. The van der Waals surface area contributed by atoms with Crippen molar-refractivity contribution in [3.8, 4) is 0 Å². The molecule has 1 atom stereocenters. The number of carbonyl (C=O) groups is 1. The molecule has 0 aliphatic rings. The Bertz CT molecular complexity index is 564. The number of halogens is 1. The predicted molar refractivity (Wildman–Crippen MR) is 78.7 cm³/mol. The van der Waals surface area contributed by atoms with E-state index in [1.165, 1.54) is 11.3 Å². The number of fused-ring (bicyclic) bond motifs is 1. The summed E-state index contributed by atoms with van der Waals surface area (Å²) in [5.41, 5.74) is 0. The highest BCUT2D eigenvalue weighted by molar-refractivity contribution is 7.21. The first-order valence-corrected chi connectivity index (χ1v) is 7.30. The topological polar surface area (TPSA) is 29.1 Å². The minimum Gasteiger partial charge on any atom is -0.349 e. The highest BCUT2D eigenvalue weighted by Gasteiger charge is 2.17. The molecular weight excluding hydrogens is 266 g/mol. The van der Waals surface area contributed by atoms with E-state index in [0.29, 0.717) is 9.90 Å². The molecule has 1 heterocycles. The Morgan fingerprint density at radius 2 is 2.17 bits per heavy atom. The lowest BCUT2D eigenvalue weighted by molar-refractivity contribution is 0.0942. The summed E-state index contributed by atoms with van der Waals surface area (Å²) >= 11 is 7.71. The van der Waals surface area contributed by atoms with Crippen LogP contribution in [0.15, 0.2) is 24.3 Å². The molecule has 0 saturated heterocycles. The van der Waals surface area contributed by atoms with Crippen molar-refractivity contribution in [1.82, 2.24) is 5.32 Å². The van der Waals surface area contributed by atoms with Gasteiger partial charge in [-0.25, -0.2) is 0 Å². The largest absolute Gasteiger partial charge is 0.349 e. The Balaban J connectivity index is 2.25. The fourth-order valence-electron chi connectivity index (χ4n) is 1.95. The van der Waals surface area contributed by atoms with Crippen LogP contribution in [0.2, 0.25) is 5.02 Å². The molecule has 0 aliphatic heterocycles. The molecule has 2 rings (SSSR count). The number of amides is 1. The Labute approximate surface area is 116 Å². The van der Waals surface area contributed by atoms with Gasteiger partial charge in [0.15, 0.2) is 0 Å². The van der Waals surface area contributed by atoms with E-state index in [9.17, 15) is 4.79 Å². The number of nitrogens with one attached hydrogen (secondary N) is 1. The average molecular weight is 282 g/mol. The molecule has 2 aromatic rings. The molecule has 4 heteroatoms. The van der Waals surface area contributed by atoms with Crippen molar-refractivity contribution in [3.63, 3.8) is 0 Å². The van der Waals surface area contributed by atoms with Crippen molar-refractivity contribution in [2.45, 2.75) is 32.7 Å². The smallest absolute Gasteiger partial charge is 0.263 e. The molecule has 0 radical (unpaired) electrons. The molecule has 1 N–H and O–H groups in total. The fraction of sp³-hybridized carbons (Fsp3) is 0.357. The van der Waals surface area contributed by atoms with E-state index >= 15 is 0 Å². The summed E-state index contributed by atoms with van der Waals surface area (Å²) in [6, 6.07) is 8.00. The van der Waals surface area contributed by atoms with Gasteiger partial charge in [-0.05, 0) is 19.4 Å². The quantitative estimate of drug-likeness (QED) is 0.880. The van der Waals surface area contributed by atoms with Gasteiger partial charge in [0.05, 0.1) is 5.02 Å². The van der Waals surface area contributed by atoms with Crippen LogP contribution in [0.3, 0.4) is 0 Å². The van der Waals surface area contributed by atoms with Gasteiger partial charge >= 0.3 is 0 Å². The average Bonchev–Trinajstić information content (AvgIpc) is 2.68. The molecule has 2 nitrogen and oxygen atoms in total. The van der Waals surface area contributed by atoms with Gasteiger partial charge in [0.2, 0.25) is 0 Å². The molecule has 0 fully saturated rings. The normalized spacial score (nSPS) is 12.6. The second-order valence-electron chi connectivity index (χ2n) is 4.40. The van der Waals surface area contributed by atoms with Gasteiger partial charge in [0.25, 0.3) is 5.91 Å². The molecule has 0 bridgehead atoms. The highest BCUT2D eigenvalue weighted by Crippen LogP contribution is 2.35. The number of carbonyl (C=O) groups excluding carboxylic acids is 1. The van der Waals surface area contributed by atoms with E-state index in [1.807, 2.05) is 31.2 Å². The van der Waals surface area contributed by atoms with Crippen molar-refractivity contribution in [2.75, 3.05) is 0 Å². The molecule has 0 spiro atoms. The standard InChI is InChI=1S/C14H16ClNOS/c1-3-6-9(2)16-14(17)13-12(15)10-7-4-5-8-11(10)18-13/h4-5,7-9H,3,6H2,1-2H3,(H,16,17)/t9-/m1/s1. The summed E-state index contributed by atoms with van der Waals surface area (Å²) in [7, 11) is 0. The summed E-state index contributed by atoms with van der Waals surface area (Å²) in [6.45, 7) is 4.12. The minimum atomic E-state index is -0.0675. The monoisotopic (exact) mass is 281 g/mol. The van der Waals surface area contributed by atoms with Crippen LogP contribution in [0.1, 0.15) is 36.4 Å². The minimum absolute atomic E-state index is 0.0675. The number of benzene rings is 1. The maximum atomic E-state index is 12.1. The van der Waals surface area contributed by atoms with E-state index in [-0.39, 0.29) is 11.9 Å². The summed E-state index contributed by atoms with van der Waals surface area (Å²) in [4.78, 5) is 12.7. The zero-order valence-corrected chi connectivity index (χ0v) is 12.1. The van der Waals surface area contributed by atoms with Crippen LogP contribution >= 0.6 is 22.9 Å². The van der Waals surface area contributed by atoms with Crippen molar-refractivity contribution < 1.29 is 4.79 Å². The molecule has 0 unspecified atom stereocenters. The maximum Gasteiger partial charge on any atom is 0.263 e. The third-order valence-corrected chi connectivity index (χ3v) is 4.51. The van der Waals surface area contributed by atoms with Crippen LogP contribution in [-0.4, -0.2) is 11.9 Å². The Morgan fingerprint density at radius 1 is 1.44 bits per heavy atom. The number of thiophene rings is 1. The van der Waals surface area contributed by atoms with Crippen molar-refractivity contribution >= 4 is 38.9 Å². The summed E-state index contributed by atoms with van der Waals surface area (Å²) in [6.07, 6.45) is 2.04. The van der Waals surface area contributed by atoms with Gasteiger partial charge < -0.3 is 5.32 Å². The van der Waals surface area contributed by atoms with Gasteiger partial charge in [-0.15, -0.1) is 11.3 Å². The van der Waals surface area contributed by atoms with Crippen LogP contribution < -0.4 is 5.32 Å². The van der Waals surface area contributed by atoms with Crippen LogP contribution in [0, 0.1) is 0 Å². The maximum absolute atomic E-state index is 12.1. The van der Waals surface area contributed by atoms with E-state index in [2.05, 4.69) is 12.2 Å². The third-order valence-electron chi connectivity index (χ3n) is 2.84. The lowest BCUT2D eigenvalue weighted by Crippen LogP contribution is -2.31. The SMILES string of the molecule is CCC[C@@H](C)NC(=O)c1sc2ccccc2c1Cl. The van der Waals surface area contributed by atoms with Crippen molar-refractivity contribution in [2.24, 2.45) is 0 Å². The second kappa shape index (κ2) is 5.72. The Kier molecular flexibility index (Phi) is 4.25. The van der Waals surface area contributed by atoms with Crippen molar-refractivity contribution in [3.05, 3.63) is 34.2 Å². The summed E-state index contributed by atoms with van der Waals surface area (Å²) in [5, 5.41) is 4.51. The van der Waals surface area contributed by atoms with E-state index in [4.69, 9.17) is 11.6 Å². The van der Waals surface area contributed by atoms with E-state index in [1.54, 1.807) is 0 Å². The number of hydrogen-bond acceptors (Lipinski definition) is 2. The number of rotatable bonds is 4. The lowest BCUT2D eigenvalue weighted by atomic mass is 10.2. The van der Waals surface area contributed by atoms with Crippen LogP contribution in [0.25, 0.3) is 10.1 Å². The molecule has 1 aromatic heterocycles. The zero-order valence-electron chi connectivity index (χ0n) is 10.5. The van der Waals surface area contributed by atoms with Crippen LogP contribution in [0.4, 0.5) is 0 Å². The van der Waals surface area contributed by atoms with E-state index < -0.39 is 0 Å². The van der Waals surface area contributed by atoms with Crippen LogP contribution in [0.5, 0.6) is 0 Å². The Hall–Kier alpha value is -1.06. The molecule has 1 aromatic carbocycles. The van der Waals surface area contributed by atoms with Gasteiger partial charge in [0.1, 0.15) is 4.88 Å². The Morgan fingerprint density at radius 3 is 2.83 bits per heavy atom. The molecule has 1 amide bonds. The van der Waals surface area contributed by atoms with Gasteiger partial charge in [0, 0.05) is 16.1 Å². The second-order valence-corrected chi connectivity index (χ2v) is 5.83. The summed E-state index contributed by atoms with van der Waals surface area (Å²) < 4.78 is 1.05. The molecule has 96 valence electrons. The molecule has 18 heavy (non-hydrogen) atoms. The molecule has 0 aliphatic carbocycles. The fourth-order valence-corrected chi connectivity index (χ4v) is 3.37. The van der Waals surface area contributed by atoms with Gasteiger partial charge in [-0.2, -0.15) is 0 Å². The first kappa shape index (κ1) is 13.4. The van der Waals surface area contributed by atoms with Crippen molar-refractivity contribution in [1.29, 1.82) is 0 Å². The first-order chi connectivity index (χ1) is 8.63. The zero-order chi connectivity index (χ0) is 13.1. The highest BCUT2D eigenvalue weighted by atomic mass is 35.5.